The van der Waals surface area contributed by atoms with Crippen LogP contribution < -0.4 is 10.6 Å². The highest BCUT2D eigenvalue weighted by atomic mass is 16.2. The molecule has 1 aromatic heterocycles. The van der Waals surface area contributed by atoms with Crippen LogP contribution in [0.5, 0.6) is 0 Å². The van der Waals surface area contributed by atoms with Gasteiger partial charge < -0.3 is 15.2 Å². The van der Waals surface area contributed by atoms with E-state index in [1.54, 1.807) is 37.4 Å². The Labute approximate surface area is 139 Å². The zero-order valence-corrected chi connectivity index (χ0v) is 13.2. The molecule has 0 aliphatic rings. The van der Waals surface area contributed by atoms with Gasteiger partial charge in [-0.15, -0.1) is 0 Å². The number of aromatic nitrogens is 1. The molecule has 0 atom stereocenters. The van der Waals surface area contributed by atoms with Crippen molar-refractivity contribution in [3.05, 3.63) is 84.2 Å². The third-order valence-corrected chi connectivity index (χ3v) is 3.64. The van der Waals surface area contributed by atoms with Crippen molar-refractivity contribution in [2.45, 2.75) is 0 Å². The van der Waals surface area contributed by atoms with E-state index in [0.717, 1.165) is 5.69 Å². The van der Waals surface area contributed by atoms with Crippen LogP contribution in [-0.4, -0.2) is 23.4 Å². The largest absolute Gasteiger partial charge is 0.355 e. The van der Waals surface area contributed by atoms with Crippen LogP contribution in [0, 0.1) is 0 Å². The van der Waals surface area contributed by atoms with Crippen LogP contribution in [0.1, 0.15) is 20.7 Å². The Morgan fingerprint density at radius 1 is 0.833 bits per heavy atom. The van der Waals surface area contributed by atoms with Crippen molar-refractivity contribution in [1.82, 2.24) is 9.88 Å². The molecule has 3 rings (SSSR count). The Kier molecular flexibility index (Phi) is 4.43. The fourth-order valence-corrected chi connectivity index (χ4v) is 2.37. The average Bonchev–Trinajstić information content (AvgIpc) is 3.16. The summed E-state index contributed by atoms with van der Waals surface area (Å²) in [5.41, 5.74) is 2.67. The van der Waals surface area contributed by atoms with Crippen LogP contribution in [0.4, 0.5) is 5.69 Å². The average molecular weight is 319 g/mol. The fraction of sp³-hybridized carbons (Fsp3) is 0.0526. The van der Waals surface area contributed by atoms with E-state index in [9.17, 15) is 9.59 Å². The lowest BCUT2D eigenvalue weighted by molar-refractivity contribution is 0.0962. The molecule has 1 heterocycles. The summed E-state index contributed by atoms with van der Waals surface area (Å²) in [6, 6.07) is 18.0. The molecule has 120 valence electrons. The van der Waals surface area contributed by atoms with Gasteiger partial charge in [0.15, 0.2) is 0 Å². The van der Waals surface area contributed by atoms with Crippen molar-refractivity contribution in [2.24, 2.45) is 0 Å². The van der Waals surface area contributed by atoms with Crippen molar-refractivity contribution in [1.29, 1.82) is 0 Å². The van der Waals surface area contributed by atoms with Crippen molar-refractivity contribution in [3.8, 4) is 5.69 Å². The van der Waals surface area contributed by atoms with Gasteiger partial charge in [-0.05, 0) is 54.6 Å². The normalized spacial score (nSPS) is 10.2. The molecule has 2 N–H and O–H groups in total. The van der Waals surface area contributed by atoms with Crippen LogP contribution in [0.15, 0.2) is 73.1 Å². The number of carbonyl (C=O) groups excluding carboxylic acids is 2. The van der Waals surface area contributed by atoms with Gasteiger partial charge in [0.25, 0.3) is 11.8 Å². The lowest BCUT2D eigenvalue weighted by atomic mass is 10.1. The summed E-state index contributed by atoms with van der Waals surface area (Å²) in [5.74, 6) is -0.357. The fourth-order valence-electron chi connectivity index (χ4n) is 2.37. The maximum Gasteiger partial charge on any atom is 0.255 e. The number of hydrogen-bond donors (Lipinski definition) is 2. The van der Waals surface area contributed by atoms with E-state index >= 15 is 0 Å². The molecule has 2 aromatic carbocycles. The molecule has 0 spiro atoms. The minimum Gasteiger partial charge on any atom is -0.355 e. The number of rotatable bonds is 4. The summed E-state index contributed by atoms with van der Waals surface area (Å²) in [6.07, 6.45) is 3.85. The Hall–Kier alpha value is -3.34. The molecule has 0 unspecified atom stereocenters. The topological polar surface area (TPSA) is 63.1 Å². The number of anilines is 1. The number of amides is 2. The van der Waals surface area contributed by atoms with Gasteiger partial charge in [-0.2, -0.15) is 0 Å². The number of carbonyl (C=O) groups is 2. The SMILES string of the molecule is CNC(=O)c1ccc(NC(=O)c2cccc(-n3cccc3)c2)cc1. The zero-order chi connectivity index (χ0) is 16.9. The van der Waals surface area contributed by atoms with E-state index in [-0.39, 0.29) is 11.8 Å². The number of benzene rings is 2. The van der Waals surface area contributed by atoms with Gasteiger partial charge in [-0.25, -0.2) is 0 Å². The quantitative estimate of drug-likeness (QED) is 0.776. The van der Waals surface area contributed by atoms with Crippen LogP contribution in [0.25, 0.3) is 5.69 Å². The van der Waals surface area contributed by atoms with Gasteiger partial charge in [0, 0.05) is 41.9 Å². The number of nitrogens with zero attached hydrogens (tertiary/aromatic N) is 1. The first-order valence-electron chi connectivity index (χ1n) is 7.54. The second-order valence-corrected chi connectivity index (χ2v) is 5.25. The monoisotopic (exact) mass is 319 g/mol. The molecule has 0 radical (unpaired) electrons. The van der Waals surface area contributed by atoms with Gasteiger partial charge in [0.1, 0.15) is 0 Å². The van der Waals surface area contributed by atoms with E-state index in [4.69, 9.17) is 0 Å². The van der Waals surface area contributed by atoms with Gasteiger partial charge >= 0.3 is 0 Å². The van der Waals surface area contributed by atoms with E-state index < -0.39 is 0 Å². The summed E-state index contributed by atoms with van der Waals surface area (Å²) >= 11 is 0. The Morgan fingerprint density at radius 2 is 1.54 bits per heavy atom. The third-order valence-electron chi connectivity index (χ3n) is 3.64. The minimum atomic E-state index is -0.198. The van der Waals surface area contributed by atoms with E-state index in [1.807, 2.05) is 47.3 Å². The predicted molar refractivity (Wildman–Crippen MR) is 93.6 cm³/mol. The Bertz CT molecular complexity index is 853. The third kappa shape index (κ3) is 3.35. The molecule has 0 saturated carbocycles. The summed E-state index contributed by atoms with van der Waals surface area (Å²) in [4.78, 5) is 23.9. The predicted octanol–water partition coefficient (Wildman–Crippen LogP) is 3.09. The smallest absolute Gasteiger partial charge is 0.255 e. The van der Waals surface area contributed by atoms with Crippen LogP contribution in [0.2, 0.25) is 0 Å². The molecule has 0 aliphatic carbocycles. The summed E-state index contributed by atoms with van der Waals surface area (Å²) in [7, 11) is 1.58. The minimum absolute atomic E-state index is 0.160. The molecule has 0 saturated heterocycles. The van der Waals surface area contributed by atoms with E-state index in [2.05, 4.69) is 10.6 Å². The number of hydrogen-bond acceptors (Lipinski definition) is 2. The van der Waals surface area contributed by atoms with Gasteiger partial charge in [0.05, 0.1) is 0 Å². The highest BCUT2D eigenvalue weighted by Crippen LogP contribution is 2.14. The second-order valence-electron chi connectivity index (χ2n) is 5.25. The highest BCUT2D eigenvalue weighted by molar-refractivity contribution is 6.05. The first-order chi connectivity index (χ1) is 11.7. The maximum absolute atomic E-state index is 12.4. The molecule has 24 heavy (non-hydrogen) atoms. The lowest BCUT2D eigenvalue weighted by Crippen LogP contribution is -2.18. The standard InChI is InChI=1S/C19H17N3O2/c1-20-18(23)14-7-9-16(10-8-14)21-19(24)15-5-4-6-17(13-15)22-11-2-3-12-22/h2-13H,1H3,(H,20,23)(H,21,24). The Balaban J connectivity index is 1.75. The summed E-state index contributed by atoms with van der Waals surface area (Å²) in [6.45, 7) is 0. The zero-order valence-electron chi connectivity index (χ0n) is 13.2. The molecule has 5 nitrogen and oxygen atoms in total. The Morgan fingerprint density at radius 3 is 2.21 bits per heavy atom. The van der Waals surface area contributed by atoms with Gasteiger partial charge in [-0.1, -0.05) is 6.07 Å². The van der Waals surface area contributed by atoms with E-state index in [0.29, 0.717) is 16.8 Å². The molecule has 0 fully saturated rings. The van der Waals surface area contributed by atoms with Gasteiger partial charge in [-0.3, -0.25) is 9.59 Å². The van der Waals surface area contributed by atoms with E-state index in [1.165, 1.54) is 0 Å². The first kappa shape index (κ1) is 15.6. The van der Waals surface area contributed by atoms with Crippen molar-refractivity contribution in [2.75, 3.05) is 12.4 Å². The molecule has 2 amide bonds. The molecule has 5 heteroatoms. The molecule has 0 bridgehead atoms. The molecular weight excluding hydrogens is 302 g/mol. The molecular formula is C19H17N3O2. The number of nitrogens with one attached hydrogen (secondary N) is 2. The lowest BCUT2D eigenvalue weighted by Gasteiger charge is -2.08. The van der Waals surface area contributed by atoms with Gasteiger partial charge in [0.2, 0.25) is 0 Å². The highest BCUT2D eigenvalue weighted by Gasteiger charge is 2.08. The molecule has 3 aromatic rings. The summed E-state index contributed by atoms with van der Waals surface area (Å²) in [5, 5.41) is 5.39. The van der Waals surface area contributed by atoms with Crippen molar-refractivity contribution >= 4 is 17.5 Å². The van der Waals surface area contributed by atoms with Crippen molar-refractivity contribution in [3.63, 3.8) is 0 Å². The second kappa shape index (κ2) is 6.83. The van der Waals surface area contributed by atoms with Crippen LogP contribution in [0.3, 0.4) is 0 Å². The van der Waals surface area contributed by atoms with Crippen LogP contribution >= 0.6 is 0 Å². The van der Waals surface area contributed by atoms with Crippen molar-refractivity contribution < 1.29 is 9.59 Å². The maximum atomic E-state index is 12.4. The molecule has 0 aliphatic heterocycles. The summed E-state index contributed by atoms with van der Waals surface area (Å²) < 4.78 is 1.94. The first-order valence-corrected chi connectivity index (χ1v) is 7.54. The van der Waals surface area contributed by atoms with Crippen LogP contribution in [-0.2, 0) is 0 Å².